The summed E-state index contributed by atoms with van der Waals surface area (Å²) in [5.74, 6) is -1.38. The van der Waals surface area contributed by atoms with Crippen molar-refractivity contribution in [3.8, 4) is 0 Å². The van der Waals surface area contributed by atoms with E-state index in [0.29, 0.717) is 40.2 Å². The highest BCUT2D eigenvalue weighted by molar-refractivity contribution is 6.38. The molecule has 2 heterocycles. The topological polar surface area (TPSA) is 105 Å². The highest BCUT2D eigenvalue weighted by Gasteiger charge is 2.34. The van der Waals surface area contributed by atoms with Crippen molar-refractivity contribution in [1.29, 1.82) is 0 Å². The number of amides is 2. The first-order valence-corrected chi connectivity index (χ1v) is 14.2. The standard InChI is InChI=1S/C33H37N5O4/c1-22-20-27-28(21-26(22)33(41)42)37(3)32(40)29(27)30(23-8-5-4-6-9-23)35-25-12-10-24(11-13-25)31(39)34-14-7-15-38-18-16-36(2)17-19-38/h4-6,8-13,20-21,35H,7,14-19H2,1-3H3,(H,34,39)(H,41,42). The number of benzene rings is 3. The average molecular weight is 568 g/mol. The van der Waals surface area contributed by atoms with Gasteiger partial charge in [0.15, 0.2) is 0 Å². The zero-order chi connectivity index (χ0) is 29.8. The molecule has 3 N–H and O–H groups in total. The number of aromatic carboxylic acids is 1. The Balaban J connectivity index is 1.34. The van der Waals surface area contributed by atoms with Gasteiger partial charge in [0.1, 0.15) is 0 Å². The van der Waals surface area contributed by atoms with E-state index in [-0.39, 0.29) is 17.4 Å². The van der Waals surface area contributed by atoms with E-state index in [1.165, 1.54) is 4.90 Å². The summed E-state index contributed by atoms with van der Waals surface area (Å²) in [5, 5.41) is 16.1. The van der Waals surface area contributed by atoms with Gasteiger partial charge < -0.3 is 30.4 Å². The number of hydrogen-bond donors (Lipinski definition) is 3. The van der Waals surface area contributed by atoms with E-state index in [1.54, 1.807) is 38.2 Å². The number of hydrogen-bond acceptors (Lipinski definition) is 6. The maximum atomic E-state index is 13.6. The van der Waals surface area contributed by atoms with Crippen LogP contribution in [0, 0.1) is 6.92 Å². The normalized spacial score (nSPS) is 16.7. The van der Waals surface area contributed by atoms with E-state index in [2.05, 4.69) is 27.5 Å². The van der Waals surface area contributed by atoms with Crippen molar-refractivity contribution in [2.45, 2.75) is 13.3 Å². The smallest absolute Gasteiger partial charge is 0.336 e. The second kappa shape index (κ2) is 12.6. The number of anilines is 2. The Labute approximate surface area is 246 Å². The van der Waals surface area contributed by atoms with E-state index < -0.39 is 5.97 Å². The number of piperazine rings is 1. The second-order valence-electron chi connectivity index (χ2n) is 10.9. The molecule has 2 aliphatic heterocycles. The Morgan fingerprint density at radius 1 is 0.905 bits per heavy atom. The Hall–Kier alpha value is -4.47. The van der Waals surface area contributed by atoms with Gasteiger partial charge in [0.05, 0.1) is 22.5 Å². The van der Waals surface area contributed by atoms with Gasteiger partial charge in [0.2, 0.25) is 0 Å². The number of rotatable bonds is 9. The zero-order valence-corrected chi connectivity index (χ0v) is 24.3. The van der Waals surface area contributed by atoms with Crippen LogP contribution >= 0.6 is 0 Å². The first-order valence-electron chi connectivity index (χ1n) is 14.2. The molecule has 3 aromatic carbocycles. The number of carbonyl (C=O) groups excluding carboxylic acids is 2. The minimum absolute atomic E-state index is 0.118. The van der Waals surface area contributed by atoms with E-state index in [4.69, 9.17) is 0 Å². The van der Waals surface area contributed by atoms with Crippen LogP contribution in [0.15, 0.2) is 66.7 Å². The number of aryl methyl sites for hydroxylation is 1. The summed E-state index contributed by atoms with van der Waals surface area (Å²) < 4.78 is 0. The van der Waals surface area contributed by atoms with Gasteiger partial charge in [-0.2, -0.15) is 0 Å². The lowest BCUT2D eigenvalue weighted by Crippen LogP contribution is -2.45. The van der Waals surface area contributed by atoms with E-state index in [1.807, 2.05) is 42.5 Å². The van der Waals surface area contributed by atoms with Gasteiger partial charge in [-0.25, -0.2) is 4.79 Å². The maximum absolute atomic E-state index is 13.6. The number of carboxylic acid groups (broad SMARTS) is 1. The van der Waals surface area contributed by atoms with Gasteiger partial charge in [0.25, 0.3) is 11.8 Å². The van der Waals surface area contributed by atoms with Crippen LogP contribution in [-0.2, 0) is 4.79 Å². The fourth-order valence-electron chi connectivity index (χ4n) is 5.45. The van der Waals surface area contributed by atoms with Gasteiger partial charge in [-0.15, -0.1) is 0 Å². The van der Waals surface area contributed by atoms with Crippen molar-refractivity contribution >= 4 is 40.4 Å². The van der Waals surface area contributed by atoms with E-state index in [9.17, 15) is 19.5 Å². The molecule has 42 heavy (non-hydrogen) atoms. The quantitative estimate of drug-likeness (QED) is 0.265. The molecule has 9 heteroatoms. The van der Waals surface area contributed by atoms with Gasteiger partial charge >= 0.3 is 5.97 Å². The molecule has 0 saturated carbocycles. The predicted molar refractivity (Wildman–Crippen MR) is 166 cm³/mol. The number of fused-ring (bicyclic) bond motifs is 1. The lowest BCUT2D eigenvalue weighted by Gasteiger charge is -2.32. The third-order valence-corrected chi connectivity index (χ3v) is 7.98. The van der Waals surface area contributed by atoms with Crippen LogP contribution in [0.3, 0.4) is 0 Å². The highest BCUT2D eigenvalue weighted by atomic mass is 16.4. The summed E-state index contributed by atoms with van der Waals surface area (Å²) in [5.41, 5.74) is 5.12. The van der Waals surface area contributed by atoms with Crippen molar-refractivity contribution in [3.05, 3.63) is 94.5 Å². The van der Waals surface area contributed by atoms with Crippen molar-refractivity contribution < 1.29 is 19.5 Å². The van der Waals surface area contributed by atoms with Crippen molar-refractivity contribution in [2.75, 3.05) is 63.6 Å². The summed E-state index contributed by atoms with van der Waals surface area (Å²) in [6.07, 6.45) is 0.903. The zero-order valence-electron chi connectivity index (χ0n) is 24.3. The number of carbonyl (C=O) groups is 3. The molecule has 0 radical (unpaired) electrons. The first-order chi connectivity index (χ1) is 20.2. The summed E-state index contributed by atoms with van der Waals surface area (Å²) in [7, 11) is 3.79. The number of carboxylic acids is 1. The van der Waals surface area contributed by atoms with Crippen molar-refractivity contribution in [3.63, 3.8) is 0 Å². The highest BCUT2D eigenvalue weighted by Crippen LogP contribution is 2.41. The Kier molecular flexibility index (Phi) is 8.70. The van der Waals surface area contributed by atoms with Crippen LogP contribution in [0.25, 0.3) is 11.3 Å². The molecule has 0 aliphatic carbocycles. The summed E-state index contributed by atoms with van der Waals surface area (Å²) in [6, 6.07) is 20.1. The minimum atomic E-state index is -1.03. The lowest BCUT2D eigenvalue weighted by atomic mass is 9.96. The molecule has 0 unspecified atom stereocenters. The molecule has 9 nitrogen and oxygen atoms in total. The van der Waals surface area contributed by atoms with Crippen molar-refractivity contribution in [1.82, 2.24) is 15.1 Å². The predicted octanol–water partition coefficient (Wildman–Crippen LogP) is 4.02. The fourth-order valence-corrected chi connectivity index (χ4v) is 5.45. The summed E-state index contributed by atoms with van der Waals surface area (Å²) >= 11 is 0. The Bertz CT molecular complexity index is 1510. The lowest BCUT2D eigenvalue weighted by molar-refractivity contribution is -0.112. The van der Waals surface area contributed by atoms with E-state index >= 15 is 0 Å². The molecule has 0 aromatic heterocycles. The third-order valence-electron chi connectivity index (χ3n) is 7.98. The monoisotopic (exact) mass is 567 g/mol. The fraction of sp³-hybridized carbons (Fsp3) is 0.303. The molecule has 218 valence electrons. The molecule has 0 atom stereocenters. The Morgan fingerprint density at radius 3 is 2.26 bits per heavy atom. The first kappa shape index (κ1) is 29.0. The SMILES string of the molecule is Cc1cc2c(cc1C(=O)O)N(C)C(=O)C2=C(Nc1ccc(C(=O)NCCCN2CCN(C)CC2)cc1)c1ccccc1. The third kappa shape index (κ3) is 6.22. The van der Waals surface area contributed by atoms with Crippen molar-refractivity contribution in [2.24, 2.45) is 0 Å². The van der Waals surface area contributed by atoms with E-state index in [0.717, 1.165) is 50.4 Å². The molecule has 2 amide bonds. The van der Waals surface area contributed by atoms with Crippen LogP contribution in [0.2, 0.25) is 0 Å². The molecule has 1 fully saturated rings. The van der Waals surface area contributed by atoms with Gasteiger partial charge in [-0.1, -0.05) is 30.3 Å². The van der Waals surface area contributed by atoms with Crippen LogP contribution < -0.4 is 15.5 Å². The van der Waals surface area contributed by atoms with Gasteiger partial charge in [0, 0.05) is 56.6 Å². The number of nitrogens with zero attached hydrogens (tertiary/aromatic N) is 3. The molecular formula is C33H37N5O4. The number of likely N-dealkylation sites (N-methyl/N-ethyl adjacent to an activating group) is 2. The molecule has 5 rings (SSSR count). The maximum Gasteiger partial charge on any atom is 0.336 e. The van der Waals surface area contributed by atoms with Crippen LogP contribution in [0.4, 0.5) is 11.4 Å². The molecular weight excluding hydrogens is 530 g/mol. The van der Waals surface area contributed by atoms with Gasteiger partial charge in [-0.3, -0.25) is 9.59 Å². The number of nitrogens with one attached hydrogen (secondary N) is 2. The largest absolute Gasteiger partial charge is 0.478 e. The van der Waals surface area contributed by atoms with Crippen LogP contribution in [-0.4, -0.2) is 86.1 Å². The Morgan fingerprint density at radius 2 is 1.60 bits per heavy atom. The summed E-state index contributed by atoms with van der Waals surface area (Å²) in [4.78, 5) is 44.3. The molecule has 1 saturated heterocycles. The second-order valence-corrected chi connectivity index (χ2v) is 10.9. The van der Waals surface area contributed by atoms with Crippen LogP contribution in [0.5, 0.6) is 0 Å². The minimum Gasteiger partial charge on any atom is -0.478 e. The average Bonchev–Trinajstić information content (AvgIpc) is 3.23. The van der Waals surface area contributed by atoms with Gasteiger partial charge in [-0.05, 0) is 74.5 Å². The molecule has 2 aliphatic rings. The summed E-state index contributed by atoms with van der Waals surface area (Å²) in [6.45, 7) is 7.62. The van der Waals surface area contributed by atoms with Crippen LogP contribution in [0.1, 0.15) is 43.8 Å². The molecule has 3 aromatic rings. The molecule has 0 bridgehead atoms. The molecule has 0 spiro atoms.